The van der Waals surface area contributed by atoms with E-state index in [4.69, 9.17) is 11.6 Å². The van der Waals surface area contributed by atoms with Gasteiger partial charge in [0.05, 0.1) is 0 Å². The summed E-state index contributed by atoms with van der Waals surface area (Å²) in [5.74, 6) is -0.205. The standard InChI is InChI=1S/C15H15ClFN/c1-11(13-5-3-7-15(17)9-13)18-10-12-4-2-6-14(16)8-12/h2-9,11,18H,10H2,1H3. The molecular weight excluding hydrogens is 249 g/mol. The minimum absolute atomic E-state index is 0.0969. The molecule has 0 spiro atoms. The van der Waals surface area contributed by atoms with Crippen LogP contribution in [0, 0.1) is 5.82 Å². The minimum atomic E-state index is -0.205. The Balaban J connectivity index is 1.98. The molecule has 0 aromatic heterocycles. The van der Waals surface area contributed by atoms with Crippen LogP contribution < -0.4 is 5.32 Å². The lowest BCUT2D eigenvalue weighted by atomic mass is 10.1. The zero-order valence-electron chi connectivity index (χ0n) is 10.2. The van der Waals surface area contributed by atoms with Crippen LogP contribution in [-0.2, 0) is 6.54 Å². The number of hydrogen-bond acceptors (Lipinski definition) is 1. The first-order valence-corrected chi connectivity index (χ1v) is 6.26. The second-order valence-electron chi connectivity index (χ2n) is 4.29. The van der Waals surface area contributed by atoms with E-state index in [1.54, 1.807) is 12.1 Å². The minimum Gasteiger partial charge on any atom is -0.306 e. The molecule has 0 aliphatic rings. The smallest absolute Gasteiger partial charge is 0.123 e. The largest absolute Gasteiger partial charge is 0.306 e. The van der Waals surface area contributed by atoms with Gasteiger partial charge in [0.15, 0.2) is 0 Å². The van der Waals surface area contributed by atoms with Crippen molar-refractivity contribution >= 4 is 11.6 Å². The highest BCUT2D eigenvalue weighted by molar-refractivity contribution is 6.30. The second-order valence-corrected chi connectivity index (χ2v) is 4.72. The van der Waals surface area contributed by atoms with Gasteiger partial charge in [-0.2, -0.15) is 0 Å². The molecule has 18 heavy (non-hydrogen) atoms. The molecule has 0 saturated carbocycles. The van der Waals surface area contributed by atoms with Gasteiger partial charge in [0.2, 0.25) is 0 Å². The Bertz CT molecular complexity index is 527. The van der Waals surface area contributed by atoms with Crippen LogP contribution in [-0.4, -0.2) is 0 Å². The van der Waals surface area contributed by atoms with Gasteiger partial charge in [-0.15, -0.1) is 0 Å². The van der Waals surface area contributed by atoms with E-state index in [-0.39, 0.29) is 11.9 Å². The van der Waals surface area contributed by atoms with Crippen molar-refractivity contribution in [3.8, 4) is 0 Å². The predicted octanol–water partition coefficient (Wildman–Crippen LogP) is 4.33. The third-order valence-corrected chi connectivity index (χ3v) is 3.09. The summed E-state index contributed by atoms with van der Waals surface area (Å²) in [4.78, 5) is 0. The van der Waals surface area contributed by atoms with Crippen molar-refractivity contribution < 1.29 is 4.39 Å². The third kappa shape index (κ3) is 3.56. The Morgan fingerprint density at radius 2 is 1.94 bits per heavy atom. The van der Waals surface area contributed by atoms with E-state index in [0.29, 0.717) is 6.54 Å². The molecule has 3 heteroatoms. The van der Waals surface area contributed by atoms with Crippen molar-refractivity contribution in [2.45, 2.75) is 19.5 Å². The lowest BCUT2D eigenvalue weighted by Crippen LogP contribution is -2.18. The number of hydrogen-bond donors (Lipinski definition) is 1. The van der Waals surface area contributed by atoms with Crippen LogP contribution in [0.15, 0.2) is 48.5 Å². The first-order valence-electron chi connectivity index (χ1n) is 5.88. The lowest BCUT2D eigenvalue weighted by molar-refractivity contribution is 0.565. The molecule has 1 atom stereocenters. The van der Waals surface area contributed by atoms with Gasteiger partial charge in [-0.1, -0.05) is 35.9 Å². The summed E-state index contributed by atoms with van der Waals surface area (Å²) in [5, 5.41) is 4.07. The van der Waals surface area contributed by atoms with Crippen LogP contribution in [0.4, 0.5) is 4.39 Å². The highest BCUT2D eigenvalue weighted by Gasteiger charge is 2.05. The topological polar surface area (TPSA) is 12.0 Å². The Labute approximate surface area is 112 Å². The molecule has 1 N–H and O–H groups in total. The van der Waals surface area contributed by atoms with E-state index in [0.717, 1.165) is 16.1 Å². The molecule has 0 amide bonds. The zero-order valence-corrected chi connectivity index (χ0v) is 10.9. The van der Waals surface area contributed by atoms with Crippen LogP contribution in [0.25, 0.3) is 0 Å². The maximum Gasteiger partial charge on any atom is 0.123 e. The fourth-order valence-electron chi connectivity index (χ4n) is 1.81. The van der Waals surface area contributed by atoms with E-state index >= 15 is 0 Å². The summed E-state index contributed by atoms with van der Waals surface area (Å²) in [6, 6.07) is 14.4. The van der Waals surface area contributed by atoms with E-state index in [1.807, 2.05) is 37.3 Å². The van der Waals surface area contributed by atoms with Gasteiger partial charge in [-0.25, -0.2) is 4.39 Å². The summed E-state index contributed by atoms with van der Waals surface area (Å²) in [5.41, 5.74) is 2.06. The van der Waals surface area contributed by atoms with Crippen molar-refractivity contribution in [2.24, 2.45) is 0 Å². The number of rotatable bonds is 4. The van der Waals surface area contributed by atoms with Crippen molar-refractivity contribution in [2.75, 3.05) is 0 Å². The fraction of sp³-hybridized carbons (Fsp3) is 0.200. The van der Waals surface area contributed by atoms with Gasteiger partial charge in [-0.3, -0.25) is 0 Å². The highest BCUT2D eigenvalue weighted by Crippen LogP contribution is 2.15. The van der Waals surface area contributed by atoms with Crippen LogP contribution >= 0.6 is 11.6 Å². The summed E-state index contributed by atoms with van der Waals surface area (Å²) >= 11 is 5.92. The fourth-order valence-corrected chi connectivity index (χ4v) is 2.02. The highest BCUT2D eigenvalue weighted by atomic mass is 35.5. The molecule has 94 valence electrons. The molecule has 0 bridgehead atoms. The van der Waals surface area contributed by atoms with E-state index < -0.39 is 0 Å². The molecule has 1 nitrogen and oxygen atoms in total. The van der Waals surface area contributed by atoms with Gasteiger partial charge < -0.3 is 5.32 Å². The number of halogens is 2. The molecule has 2 rings (SSSR count). The maximum absolute atomic E-state index is 13.1. The van der Waals surface area contributed by atoms with Crippen LogP contribution in [0.3, 0.4) is 0 Å². The van der Waals surface area contributed by atoms with E-state index in [2.05, 4.69) is 5.32 Å². The average Bonchev–Trinajstić information content (AvgIpc) is 2.36. The molecule has 0 aliphatic heterocycles. The molecule has 2 aromatic rings. The van der Waals surface area contributed by atoms with Crippen molar-refractivity contribution in [1.29, 1.82) is 0 Å². The van der Waals surface area contributed by atoms with Gasteiger partial charge in [-0.05, 0) is 42.3 Å². The summed E-state index contributed by atoms with van der Waals surface area (Å²) < 4.78 is 13.1. The third-order valence-electron chi connectivity index (χ3n) is 2.85. The van der Waals surface area contributed by atoms with Crippen LogP contribution in [0.1, 0.15) is 24.1 Å². The molecule has 2 aromatic carbocycles. The quantitative estimate of drug-likeness (QED) is 0.866. The summed E-state index contributed by atoms with van der Waals surface area (Å²) in [6.07, 6.45) is 0. The predicted molar refractivity (Wildman–Crippen MR) is 73.1 cm³/mol. The first-order chi connectivity index (χ1) is 8.65. The monoisotopic (exact) mass is 263 g/mol. The van der Waals surface area contributed by atoms with E-state index in [9.17, 15) is 4.39 Å². The molecule has 1 unspecified atom stereocenters. The van der Waals surface area contributed by atoms with E-state index in [1.165, 1.54) is 6.07 Å². The Morgan fingerprint density at radius 1 is 1.17 bits per heavy atom. The van der Waals surface area contributed by atoms with Crippen molar-refractivity contribution in [1.82, 2.24) is 5.32 Å². The van der Waals surface area contributed by atoms with Crippen LogP contribution in [0.5, 0.6) is 0 Å². The molecule has 0 radical (unpaired) electrons. The molecule has 0 saturated heterocycles. The number of nitrogens with one attached hydrogen (secondary N) is 1. The SMILES string of the molecule is CC(NCc1cccc(Cl)c1)c1cccc(F)c1. The van der Waals surface area contributed by atoms with Crippen LogP contribution in [0.2, 0.25) is 5.02 Å². The molecular formula is C15H15ClFN. The molecule has 0 aliphatic carbocycles. The summed E-state index contributed by atoms with van der Waals surface area (Å²) in [6.45, 7) is 2.72. The van der Waals surface area contributed by atoms with Gasteiger partial charge in [0.1, 0.15) is 5.82 Å². The molecule has 0 heterocycles. The Hall–Kier alpha value is -1.38. The molecule has 0 fully saturated rings. The maximum atomic E-state index is 13.1. The second kappa shape index (κ2) is 5.98. The lowest BCUT2D eigenvalue weighted by Gasteiger charge is -2.14. The zero-order chi connectivity index (χ0) is 13.0. The van der Waals surface area contributed by atoms with Gasteiger partial charge in [0, 0.05) is 17.6 Å². The van der Waals surface area contributed by atoms with Crippen molar-refractivity contribution in [3.63, 3.8) is 0 Å². The Kier molecular flexibility index (Phi) is 4.34. The van der Waals surface area contributed by atoms with Crippen molar-refractivity contribution in [3.05, 3.63) is 70.5 Å². The number of benzene rings is 2. The van der Waals surface area contributed by atoms with Gasteiger partial charge in [0.25, 0.3) is 0 Å². The summed E-state index contributed by atoms with van der Waals surface area (Å²) in [7, 11) is 0. The van der Waals surface area contributed by atoms with Gasteiger partial charge >= 0.3 is 0 Å². The average molecular weight is 264 g/mol. The Morgan fingerprint density at radius 3 is 2.67 bits per heavy atom. The normalized spacial score (nSPS) is 12.4. The first kappa shape index (κ1) is 13.1.